The summed E-state index contributed by atoms with van der Waals surface area (Å²) in [7, 11) is 0. The first kappa shape index (κ1) is 21.1. The third-order valence-corrected chi connectivity index (χ3v) is 4.14. The largest absolute Gasteiger partial charge is 0.573 e. The molecule has 1 aromatic carbocycles. The Bertz CT molecular complexity index is 657. The second-order valence-corrected chi connectivity index (χ2v) is 7.58. The average Bonchev–Trinajstić information content (AvgIpc) is 2.54. The number of halogens is 3. The first-order valence-electron chi connectivity index (χ1n) is 8.78. The van der Waals surface area contributed by atoms with Crippen LogP contribution >= 0.6 is 0 Å². The molecule has 0 radical (unpaired) electrons. The highest BCUT2D eigenvalue weighted by Crippen LogP contribution is 2.25. The minimum absolute atomic E-state index is 0.0170. The molecule has 1 aliphatic heterocycles. The quantitative estimate of drug-likeness (QED) is 0.771. The van der Waals surface area contributed by atoms with Crippen molar-refractivity contribution in [1.82, 2.24) is 4.90 Å². The molecule has 1 saturated heterocycles. The van der Waals surface area contributed by atoms with Gasteiger partial charge in [-0.2, -0.15) is 0 Å². The molecule has 0 aromatic heterocycles. The lowest BCUT2D eigenvalue weighted by atomic mass is 9.89. The molecule has 1 heterocycles. The highest BCUT2D eigenvalue weighted by Gasteiger charge is 2.31. The van der Waals surface area contributed by atoms with E-state index in [1.54, 1.807) is 25.7 Å². The topological polar surface area (TPSA) is 55.8 Å². The van der Waals surface area contributed by atoms with Gasteiger partial charge < -0.3 is 14.4 Å². The van der Waals surface area contributed by atoms with Gasteiger partial charge in [-0.05, 0) is 51.3 Å². The van der Waals surface area contributed by atoms with Crippen LogP contribution in [0.2, 0.25) is 0 Å². The predicted molar refractivity (Wildman–Crippen MR) is 92.4 cm³/mol. The molecular weight excluding hydrogens is 363 g/mol. The maximum Gasteiger partial charge on any atom is 0.573 e. The molecule has 1 aliphatic rings. The van der Waals surface area contributed by atoms with Gasteiger partial charge in [0.05, 0.1) is 0 Å². The van der Waals surface area contributed by atoms with Gasteiger partial charge in [0.2, 0.25) is 0 Å². The van der Waals surface area contributed by atoms with E-state index in [1.807, 2.05) is 0 Å². The summed E-state index contributed by atoms with van der Waals surface area (Å²) in [5.74, 6) is -0.470. The van der Waals surface area contributed by atoms with Gasteiger partial charge in [-0.15, -0.1) is 13.2 Å². The number of benzene rings is 1. The third kappa shape index (κ3) is 7.11. The number of ketones is 1. The van der Waals surface area contributed by atoms with Crippen LogP contribution in [-0.4, -0.2) is 41.8 Å². The van der Waals surface area contributed by atoms with Gasteiger partial charge in [0.25, 0.3) is 0 Å². The fourth-order valence-electron chi connectivity index (χ4n) is 2.87. The van der Waals surface area contributed by atoms with E-state index in [0.29, 0.717) is 31.5 Å². The highest BCUT2D eigenvalue weighted by molar-refractivity contribution is 5.83. The van der Waals surface area contributed by atoms with Crippen molar-refractivity contribution >= 4 is 11.9 Å². The van der Waals surface area contributed by atoms with Gasteiger partial charge in [0, 0.05) is 25.4 Å². The van der Waals surface area contributed by atoms with Gasteiger partial charge in [-0.3, -0.25) is 4.79 Å². The molecule has 27 heavy (non-hydrogen) atoms. The number of ether oxygens (including phenoxy) is 2. The first-order chi connectivity index (χ1) is 12.4. The Morgan fingerprint density at radius 1 is 1.07 bits per heavy atom. The van der Waals surface area contributed by atoms with E-state index in [0.717, 1.165) is 0 Å². The van der Waals surface area contributed by atoms with Crippen LogP contribution < -0.4 is 4.74 Å². The molecule has 150 valence electrons. The molecule has 1 amide bonds. The number of carbonyl (C=O) groups is 2. The molecule has 0 atom stereocenters. The number of piperidine rings is 1. The van der Waals surface area contributed by atoms with Crippen molar-refractivity contribution in [2.45, 2.75) is 52.0 Å². The molecule has 1 aromatic rings. The zero-order valence-electron chi connectivity index (χ0n) is 15.6. The van der Waals surface area contributed by atoms with Gasteiger partial charge in [-0.25, -0.2) is 4.79 Å². The maximum absolute atomic E-state index is 12.4. The lowest BCUT2D eigenvalue weighted by molar-refractivity contribution is -0.274. The van der Waals surface area contributed by atoms with Crippen LogP contribution in [-0.2, 0) is 16.0 Å². The maximum atomic E-state index is 12.4. The highest BCUT2D eigenvalue weighted by atomic mass is 19.4. The van der Waals surface area contributed by atoms with Crippen LogP contribution in [0.4, 0.5) is 18.0 Å². The lowest BCUT2D eigenvalue weighted by Gasteiger charge is -2.33. The van der Waals surface area contributed by atoms with E-state index in [4.69, 9.17) is 4.74 Å². The lowest BCUT2D eigenvalue weighted by Crippen LogP contribution is -2.43. The number of alkyl halides is 3. The molecule has 0 unspecified atom stereocenters. The van der Waals surface area contributed by atoms with Crippen LogP contribution in [0.25, 0.3) is 0 Å². The molecule has 0 saturated carbocycles. The molecule has 8 heteroatoms. The number of rotatable bonds is 4. The van der Waals surface area contributed by atoms with E-state index in [-0.39, 0.29) is 30.0 Å². The van der Waals surface area contributed by atoms with Gasteiger partial charge in [0.15, 0.2) is 0 Å². The number of hydrogen-bond acceptors (Lipinski definition) is 4. The molecule has 0 N–H and O–H groups in total. The predicted octanol–water partition coefficient (Wildman–Crippen LogP) is 4.34. The van der Waals surface area contributed by atoms with Crippen molar-refractivity contribution in [1.29, 1.82) is 0 Å². The zero-order chi connectivity index (χ0) is 20.2. The summed E-state index contributed by atoms with van der Waals surface area (Å²) in [6.45, 7) is 6.29. The molecule has 1 fully saturated rings. The van der Waals surface area contributed by atoms with Crippen LogP contribution in [0, 0.1) is 5.92 Å². The number of carbonyl (C=O) groups excluding carboxylic acids is 2. The molecule has 5 nitrogen and oxygen atoms in total. The molecule has 0 bridgehead atoms. The molecule has 2 rings (SSSR count). The minimum atomic E-state index is -4.74. The van der Waals surface area contributed by atoms with Crippen LogP contribution in [0.5, 0.6) is 5.75 Å². The summed E-state index contributed by atoms with van der Waals surface area (Å²) in [6.07, 6.45) is -3.88. The van der Waals surface area contributed by atoms with Crippen LogP contribution in [0.1, 0.15) is 39.2 Å². The van der Waals surface area contributed by atoms with Gasteiger partial charge in [0.1, 0.15) is 17.1 Å². The van der Waals surface area contributed by atoms with Crippen molar-refractivity contribution in [3.63, 3.8) is 0 Å². The van der Waals surface area contributed by atoms with Gasteiger partial charge in [-0.1, -0.05) is 12.1 Å². The Labute approximate surface area is 156 Å². The number of Topliss-reactive ketones (excluding diaryl/α,β-unsaturated/α-hetero) is 1. The monoisotopic (exact) mass is 387 g/mol. The Kier molecular flexibility index (Phi) is 6.38. The third-order valence-electron chi connectivity index (χ3n) is 4.14. The summed E-state index contributed by atoms with van der Waals surface area (Å²) in [6, 6.07) is 5.30. The fraction of sp³-hybridized carbons (Fsp3) is 0.579. The summed E-state index contributed by atoms with van der Waals surface area (Å²) in [5, 5.41) is 0. The van der Waals surface area contributed by atoms with E-state index in [2.05, 4.69) is 4.74 Å². The van der Waals surface area contributed by atoms with Crippen molar-refractivity contribution < 1.29 is 32.2 Å². The Balaban J connectivity index is 1.83. The number of likely N-dealkylation sites (tertiary alicyclic amines) is 1. The normalized spacial score (nSPS) is 16.1. The Hall–Kier alpha value is -2.25. The van der Waals surface area contributed by atoms with E-state index in [9.17, 15) is 22.8 Å². The smallest absolute Gasteiger partial charge is 0.444 e. The van der Waals surface area contributed by atoms with Crippen LogP contribution in [0.3, 0.4) is 0 Å². The Morgan fingerprint density at radius 3 is 2.11 bits per heavy atom. The summed E-state index contributed by atoms with van der Waals surface area (Å²) >= 11 is 0. The SMILES string of the molecule is CC(C)(C)OC(=O)N1CCC(C(=O)Cc2ccc(OC(F)(F)F)cc2)CC1. The second-order valence-electron chi connectivity index (χ2n) is 7.58. The number of hydrogen-bond donors (Lipinski definition) is 0. The number of nitrogens with zero attached hydrogens (tertiary/aromatic N) is 1. The minimum Gasteiger partial charge on any atom is -0.444 e. The second kappa shape index (κ2) is 8.19. The molecule has 0 spiro atoms. The summed E-state index contributed by atoms with van der Waals surface area (Å²) < 4.78 is 45.6. The van der Waals surface area contributed by atoms with Crippen molar-refractivity contribution in [2.24, 2.45) is 5.92 Å². The van der Waals surface area contributed by atoms with Crippen molar-refractivity contribution in [2.75, 3.05) is 13.1 Å². The Morgan fingerprint density at radius 2 is 1.63 bits per heavy atom. The number of amides is 1. The van der Waals surface area contributed by atoms with E-state index >= 15 is 0 Å². The molecular formula is C19H24F3NO4. The fourth-order valence-corrected chi connectivity index (χ4v) is 2.87. The van der Waals surface area contributed by atoms with Crippen molar-refractivity contribution in [3.8, 4) is 5.75 Å². The van der Waals surface area contributed by atoms with Crippen molar-refractivity contribution in [3.05, 3.63) is 29.8 Å². The average molecular weight is 387 g/mol. The van der Waals surface area contributed by atoms with Gasteiger partial charge >= 0.3 is 12.5 Å². The standard InChI is InChI=1S/C19H24F3NO4/c1-18(2,3)27-17(25)23-10-8-14(9-11-23)16(24)12-13-4-6-15(7-5-13)26-19(20,21)22/h4-7,14H,8-12H2,1-3H3. The van der Waals surface area contributed by atoms with E-state index < -0.39 is 12.0 Å². The summed E-state index contributed by atoms with van der Waals surface area (Å²) in [4.78, 5) is 26.1. The summed E-state index contributed by atoms with van der Waals surface area (Å²) in [5.41, 5.74) is 0.0650. The van der Waals surface area contributed by atoms with Crippen LogP contribution in [0.15, 0.2) is 24.3 Å². The van der Waals surface area contributed by atoms with E-state index in [1.165, 1.54) is 24.3 Å². The first-order valence-corrected chi connectivity index (χ1v) is 8.78. The zero-order valence-corrected chi connectivity index (χ0v) is 15.6. The molecule has 0 aliphatic carbocycles.